The summed E-state index contributed by atoms with van der Waals surface area (Å²) >= 11 is 0. The molecule has 3 rings (SSSR count). The highest BCUT2D eigenvalue weighted by molar-refractivity contribution is 6.46. The lowest BCUT2D eigenvalue weighted by Gasteiger charge is -2.24. The third kappa shape index (κ3) is 4.45. The molecule has 1 amide bonds. The van der Waals surface area contributed by atoms with Crippen LogP contribution in [-0.4, -0.2) is 34.8 Å². The second-order valence-corrected chi connectivity index (χ2v) is 7.69. The molecule has 0 bridgehead atoms. The fourth-order valence-corrected chi connectivity index (χ4v) is 3.64. The number of aliphatic hydroxyl groups excluding tert-OH is 1. The number of rotatable bonds is 8. The molecule has 0 spiro atoms. The number of Topliss-reactive ketones (excluding diaryl/α,β-unsaturated/α-hetero) is 1. The Morgan fingerprint density at radius 1 is 1.06 bits per heavy atom. The molecule has 1 atom stereocenters. The summed E-state index contributed by atoms with van der Waals surface area (Å²) in [6.07, 6.45) is 3.21. The van der Waals surface area contributed by atoms with E-state index in [2.05, 4.69) is 27.0 Å². The number of hydrogen-bond donors (Lipinski definition) is 1. The number of carbonyl (C=O) groups is 2. The first-order valence-corrected chi connectivity index (χ1v) is 10.2. The highest BCUT2D eigenvalue weighted by atomic mass is 16.5. The molecule has 1 fully saturated rings. The minimum absolute atomic E-state index is 0.0731. The van der Waals surface area contributed by atoms with Crippen molar-refractivity contribution in [3.05, 3.63) is 96.1 Å². The van der Waals surface area contributed by atoms with Gasteiger partial charge in [0.25, 0.3) is 11.7 Å². The Kier molecular flexibility index (Phi) is 6.75. The van der Waals surface area contributed by atoms with Gasteiger partial charge in [-0.25, -0.2) is 0 Å². The van der Waals surface area contributed by atoms with Crippen molar-refractivity contribution in [1.29, 1.82) is 0 Å². The molecule has 1 unspecified atom stereocenters. The van der Waals surface area contributed by atoms with Gasteiger partial charge in [-0.2, -0.15) is 0 Å². The van der Waals surface area contributed by atoms with Gasteiger partial charge in [-0.15, -0.1) is 6.58 Å². The summed E-state index contributed by atoms with van der Waals surface area (Å²) in [6.45, 7) is 12.1. The van der Waals surface area contributed by atoms with Crippen molar-refractivity contribution in [3.63, 3.8) is 0 Å². The summed E-state index contributed by atoms with van der Waals surface area (Å²) < 4.78 is 5.47. The van der Waals surface area contributed by atoms with E-state index in [4.69, 9.17) is 4.74 Å². The lowest BCUT2D eigenvalue weighted by Crippen LogP contribution is -2.29. The number of likely N-dealkylation sites (tertiary alicyclic amines) is 1. The maximum atomic E-state index is 12.9. The highest BCUT2D eigenvalue weighted by Gasteiger charge is 2.45. The molecular weight excluding hydrogens is 390 g/mol. The van der Waals surface area contributed by atoms with Crippen molar-refractivity contribution in [2.24, 2.45) is 0 Å². The van der Waals surface area contributed by atoms with Gasteiger partial charge in [0.05, 0.1) is 11.6 Å². The van der Waals surface area contributed by atoms with E-state index in [-0.39, 0.29) is 17.9 Å². The van der Waals surface area contributed by atoms with Crippen LogP contribution < -0.4 is 4.74 Å². The predicted octanol–water partition coefficient (Wildman–Crippen LogP) is 4.98. The van der Waals surface area contributed by atoms with E-state index in [1.165, 1.54) is 4.90 Å². The molecule has 5 nitrogen and oxygen atoms in total. The molecule has 0 aromatic heterocycles. The van der Waals surface area contributed by atoms with Gasteiger partial charge in [0.15, 0.2) is 0 Å². The normalized spacial score (nSPS) is 17.8. The first-order chi connectivity index (χ1) is 14.9. The SMILES string of the molecule is C=CCOc1ccc(/C(O)=C2/C(=O)C(=O)N(CC=C)C2c2ccc(C(C)C)cc2)cc1. The van der Waals surface area contributed by atoms with Crippen LogP contribution in [0, 0.1) is 0 Å². The molecule has 160 valence electrons. The number of ether oxygens (including phenoxy) is 1. The minimum atomic E-state index is -0.704. The Morgan fingerprint density at radius 2 is 1.71 bits per heavy atom. The number of carbonyl (C=O) groups excluding carboxylic acids is 2. The van der Waals surface area contributed by atoms with Crippen molar-refractivity contribution < 1.29 is 19.4 Å². The van der Waals surface area contributed by atoms with Gasteiger partial charge >= 0.3 is 0 Å². The second-order valence-electron chi connectivity index (χ2n) is 7.69. The van der Waals surface area contributed by atoms with Crippen LogP contribution in [0.2, 0.25) is 0 Å². The molecule has 1 saturated heterocycles. The van der Waals surface area contributed by atoms with Crippen LogP contribution in [0.15, 0.2) is 79.4 Å². The summed E-state index contributed by atoms with van der Waals surface area (Å²) in [6, 6.07) is 13.8. The maximum absolute atomic E-state index is 12.9. The highest BCUT2D eigenvalue weighted by Crippen LogP contribution is 2.39. The van der Waals surface area contributed by atoms with Gasteiger partial charge in [-0.05, 0) is 41.3 Å². The van der Waals surface area contributed by atoms with Gasteiger partial charge in [-0.1, -0.05) is 56.8 Å². The van der Waals surface area contributed by atoms with Crippen LogP contribution in [0.1, 0.15) is 42.5 Å². The van der Waals surface area contributed by atoms with E-state index in [0.29, 0.717) is 23.8 Å². The number of hydrogen-bond acceptors (Lipinski definition) is 4. The predicted molar refractivity (Wildman–Crippen MR) is 122 cm³/mol. The Balaban J connectivity index is 2.07. The first kappa shape index (κ1) is 22.1. The van der Waals surface area contributed by atoms with Crippen molar-refractivity contribution in [1.82, 2.24) is 4.90 Å². The molecule has 1 N–H and O–H groups in total. The fourth-order valence-electron chi connectivity index (χ4n) is 3.64. The average molecular weight is 418 g/mol. The van der Waals surface area contributed by atoms with Crippen molar-refractivity contribution in [2.45, 2.75) is 25.8 Å². The number of nitrogens with zero attached hydrogens (tertiary/aromatic N) is 1. The Morgan fingerprint density at radius 3 is 2.26 bits per heavy atom. The van der Waals surface area contributed by atoms with Gasteiger partial charge in [-0.3, -0.25) is 9.59 Å². The van der Waals surface area contributed by atoms with Crippen LogP contribution in [0.5, 0.6) is 5.75 Å². The quantitative estimate of drug-likeness (QED) is 0.285. The Hall–Kier alpha value is -3.60. The number of amides is 1. The molecule has 1 heterocycles. The number of benzene rings is 2. The topological polar surface area (TPSA) is 66.8 Å². The van der Waals surface area contributed by atoms with Crippen molar-refractivity contribution in [3.8, 4) is 5.75 Å². The van der Waals surface area contributed by atoms with E-state index in [9.17, 15) is 14.7 Å². The fraction of sp³-hybridized carbons (Fsp3) is 0.231. The zero-order valence-electron chi connectivity index (χ0n) is 17.9. The smallest absolute Gasteiger partial charge is 0.295 e. The second kappa shape index (κ2) is 9.47. The third-order valence-corrected chi connectivity index (χ3v) is 5.28. The van der Waals surface area contributed by atoms with E-state index in [1.807, 2.05) is 24.3 Å². The zero-order chi connectivity index (χ0) is 22.5. The first-order valence-electron chi connectivity index (χ1n) is 10.2. The summed E-state index contributed by atoms with van der Waals surface area (Å²) in [5.74, 6) is -0.590. The van der Waals surface area contributed by atoms with Gasteiger partial charge in [0.1, 0.15) is 18.1 Å². The van der Waals surface area contributed by atoms with Crippen molar-refractivity contribution in [2.75, 3.05) is 13.2 Å². The molecular formula is C26H27NO4. The summed E-state index contributed by atoms with van der Waals surface area (Å²) in [5, 5.41) is 11.0. The van der Waals surface area contributed by atoms with E-state index >= 15 is 0 Å². The molecule has 0 saturated carbocycles. The Bertz CT molecular complexity index is 1020. The van der Waals surface area contributed by atoms with Crippen LogP contribution in [0.25, 0.3) is 5.76 Å². The molecule has 31 heavy (non-hydrogen) atoms. The van der Waals surface area contributed by atoms with E-state index < -0.39 is 17.7 Å². The van der Waals surface area contributed by atoms with Crippen molar-refractivity contribution >= 4 is 17.4 Å². The molecule has 0 aliphatic carbocycles. The lowest BCUT2D eigenvalue weighted by atomic mass is 9.93. The largest absolute Gasteiger partial charge is 0.507 e. The summed E-state index contributed by atoms with van der Waals surface area (Å²) in [7, 11) is 0. The van der Waals surface area contributed by atoms with E-state index in [0.717, 1.165) is 11.1 Å². The summed E-state index contributed by atoms with van der Waals surface area (Å²) in [5.41, 5.74) is 2.42. The van der Waals surface area contributed by atoms with Crippen LogP contribution in [0.3, 0.4) is 0 Å². The number of aliphatic hydroxyl groups is 1. The van der Waals surface area contributed by atoms with Gasteiger partial charge < -0.3 is 14.7 Å². The Labute approximate surface area is 183 Å². The molecule has 2 aromatic rings. The van der Waals surface area contributed by atoms with Crippen LogP contribution in [-0.2, 0) is 9.59 Å². The molecule has 5 heteroatoms. The zero-order valence-corrected chi connectivity index (χ0v) is 17.9. The average Bonchev–Trinajstić information content (AvgIpc) is 3.03. The summed E-state index contributed by atoms with van der Waals surface area (Å²) in [4.78, 5) is 27.1. The van der Waals surface area contributed by atoms with Crippen LogP contribution in [0.4, 0.5) is 0 Å². The van der Waals surface area contributed by atoms with Crippen LogP contribution >= 0.6 is 0 Å². The molecule has 1 aliphatic heterocycles. The third-order valence-electron chi connectivity index (χ3n) is 5.28. The standard InChI is InChI=1S/C26H27NO4/c1-5-15-27-23(19-9-7-18(8-10-19)17(3)4)22(25(29)26(27)30)24(28)20-11-13-21(14-12-20)31-16-6-2/h5-14,17,23,28H,1-2,15-16H2,3-4H3/b24-22-. The maximum Gasteiger partial charge on any atom is 0.295 e. The van der Waals surface area contributed by atoms with Gasteiger partial charge in [0, 0.05) is 12.1 Å². The minimum Gasteiger partial charge on any atom is -0.507 e. The molecule has 2 aromatic carbocycles. The lowest BCUT2D eigenvalue weighted by molar-refractivity contribution is -0.139. The monoisotopic (exact) mass is 417 g/mol. The molecule has 1 aliphatic rings. The van der Waals surface area contributed by atoms with E-state index in [1.54, 1.807) is 36.4 Å². The van der Waals surface area contributed by atoms with Gasteiger partial charge in [0.2, 0.25) is 0 Å². The molecule has 0 radical (unpaired) electrons. The number of ketones is 1.